The number of amides is 3. The van der Waals surface area contributed by atoms with Gasteiger partial charge in [0.05, 0.1) is 20.2 Å². The van der Waals surface area contributed by atoms with Gasteiger partial charge in [0.15, 0.2) is 0 Å². The van der Waals surface area contributed by atoms with E-state index in [1.54, 1.807) is 36.3 Å². The lowest BCUT2D eigenvalue weighted by atomic mass is 9.94. The van der Waals surface area contributed by atoms with Crippen LogP contribution in [0.3, 0.4) is 0 Å². The van der Waals surface area contributed by atoms with Crippen molar-refractivity contribution in [1.82, 2.24) is 10.2 Å². The zero-order chi connectivity index (χ0) is 18.9. The first-order chi connectivity index (χ1) is 12.5. The van der Waals surface area contributed by atoms with Gasteiger partial charge in [-0.1, -0.05) is 19.3 Å². The van der Waals surface area contributed by atoms with Crippen LogP contribution in [0, 0.1) is 0 Å². The number of hydrogen-bond donors (Lipinski definition) is 2. The summed E-state index contributed by atoms with van der Waals surface area (Å²) in [5.41, 5.74) is 0.623. The van der Waals surface area contributed by atoms with Crippen molar-refractivity contribution >= 4 is 23.4 Å². The number of rotatable bonds is 7. The molecule has 0 radical (unpaired) electrons. The van der Waals surface area contributed by atoms with E-state index in [9.17, 15) is 14.4 Å². The molecule has 1 fully saturated rings. The van der Waals surface area contributed by atoms with Crippen molar-refractivity contribution in [2.24, 2.45) is 0 Å². The maximum absolute atomic E-state index is 12.1. The maximum Gasteiger partial charge on any atom is 0.243 e. The highest BCUT2D eigenvalue weighted by molar-refractivity contribution is 5.95. The minimum Gasteiger partial charge on any atom is -0.497 e. The van der Waals surface area contributed by atoms with E-state index >= 15 is 0 Å². The van der Waals surface area contributed by atoms with Crippen LogP contribution in [0.4, 0.5) is 5.69 Å². The third kappa shape index (κ3) is 6.06. The summed E-state index contributed by atoms with van der Waals surface area (Å²) in [5.74, 6) is -0.0516. The molecule has 0 spiro atoms. The van der Waals surface area contributed by atoms with Crippen molar-refractivity contribution in [1.29, 1.82) is 0 Å². The monoisotopic (exact) mass is 361 g/mol. The number of nitrogens with one attached hydrogen (secondary N) is 2. The first-order valence-electron chi connectivity index (χ1n) is 8.97. The fraction of sp³-hybridized carbons (Fsp3) is 0.526. The van der Waals surface area contributed by atoms with Gasteiger partial charge in [-0.15, -0.1) is 0 Å². The molecule has 0 aromatic heterocycles. The van der Waals surface area contributed by atoms with Crippen molar-refractivity contribution in [3.63, 3.8) is 0 Å². The molecule has 26 heavy (non-hydrogen) atoms. The topological polar surface area (TPSA) is 87.7 Å². The lowest BCUT2D eigenvalue weighted by Crippen LogP contribution is -2.47. The number of carbonyl (C=O) groups excluding carboxylic acids is 3. The molecule has 0 bridgehead atoms. The molecule has 0 unspecified atom stereocenters. The largest absolute Gasteiger partial charge is 0.497 e. The molecule has 1 aromatic rings. The van der Waals surface area contributed by atoms with E-state index in [0.29, 0.717) is 11.4 Å². The molecule has 0 atom stereocenters. The van der Waals surface area contributed by atoms with Crippen molar-refractivity contribution in [3.8, 4) is 5.75 Å². The van der Waals surface area contributed by atoms with Gasteiger partial charge in [-0.3, -0.25) is 14.4 Å². The molecule has 0 aliphatic heterocycles. The normalized spacial score (nSPS) is 14.4. The third-order valence-corrected chi connectivity index (χ3v) is 4.55. The summed E-state index contributed by atoms with van der Waals surface area (Å²) < 4.78 is 5.06. The molecule has 2 rings (SSSR count). The van der Waals surface area contributed by atoms with Crippen LogP contribution >= 0.6 is 0 Å². The predicted molar refractivity (Wildman–Crippen MR) is 98.9 cm³/mol. The number of nitrogens with zero attached hydrogens (tertiary/aromatic N) is 1. The molecule has 1 aliphatic carbocycles. The van der Waals surface area contributed by atoms with Crippen molar-refractivity contribution in [3.05, 3.63) is 24.3 Å². The smallest absolute Gasteiger partial charge is 0.243 e. The van der Waals surface area contributed by atoms with E-state index in [1.165, 1.54) is 13.3 Å². The van der Waals surface area contributed by atoms with Crippen LogP contribution in [-0.2, 0) is 14.4 Å². The van der Waals surface area contributed by atoms with E-state index in [2.05, 4.69) is 10.6 Å². The van der Waals surface area contributed by atoms with Crippen molar-refractivity contribution in [2.45, 2.75) is 45.1 Å². The minimum absolute atomic E-state index is 0.00415. The van der Waals surface area contributed by atoms with Crippen LogP contribution in [0.2, 0.25) is 0 Å². The summed E-state index contributed by atoms with van der Waals surface area (Å²) in [5, 5.41) is 5.28. The van der Waals surface area contributed by atoms with Crippen molar-refractivity contribution < 1.29 is 19.1 Å². The zero-order valence-corrected chi connectivity index (χ0v) is 15.4. The SMILES string of the molecule is COc1ccc(NC(=O)CNC(=O)CN(C(C)=O)C2CCCCC2)cc1. The molecular formula is C19H27N3O4. The van der Waals surface area contributed by atoms with Crippen LogP contribution in [0.1, 0.15) is 39.0 Å². The Morgan fingerprint density at radius 1 is 1.08 bits per heavy atom. The minimum atomic E-state index is -0.324. The number of carbonyl (C=O) groups is 3. The molecule has 7 nitrogen and oxygen atoms in total. The number of methoxy groups -OCH3 is 1. The van der Waals surface area contributed by atoms with Gasteiger partial charge in [-0.05, 0) is 37.1 Å². The Morgan fingerprint density at radius 3 is 2.31 bits per heavy atom. The summed E-state index contributed by atoms with van der Waals surface area (Å²) in [6, 6.07) is 7.05. The van der Waals surface area contributed by atoms with Gasteiger partial charge in [-0.2, -0.15) is 0 Å². The quantitative estimate of drug-likeness (QED) is 0.777. The molecule has 3 amide bonds. The van der Waals surface area contributed by atoms with Gasteiger partial charge in [0.1, 0.15) is 5.75 Å². The fourth-order valence-electron chi connectivity index (χ4n) is 3.16. The Labute approximate surface area is 154 Å². The number of ether oxygens (including phenoxy) is 1. The van der Waals surface area contributed by atoms with E-state index in [1.807, 2.05) is 0 Å². The summed E-state index contributed by atoms with van der Waals surface area (Å²) in [4.78, 5) is 37.6. The molecule has 1 saturated carbocycles. The van der Waals surface area contributed by atoms with Crippen LogP contribution in [0.15, 0.2) is 24.3 Å². The Kier molecular flexibility index (Phi) is 7.44. The molecule has 7 heteroatoms. The number of anilines is 1. The maximum atomic E-state index is 12.1. The van der Waals surface area contributed by atoms with E-state index in [0.717, 1.165) is 25.7 Å². The lowest BCUT2D eigenvalue weighted by Gasteiger charge is -2.33. The van der Waals surface area contributed by atoms with Crippen LogP contribution < -0.4 is 15.4 Å². The van der Waals surface area contributed by atoms with Gasteiger partial charge < -0.3 is 20.3 Å². The summed E-state index contributed by atoms with van der Waals surface area (Å²) in [7, 11) is 1.57. The zero-order valence-electron chi connectivity index (χ0n) is 15.4. The van der Waals surface area contributed by atoms with Crippen LogP contribution in [-0.4, -0.2) is 48.9 Å². The molecule has 0 heterocycles. The van der Waals surface area contributed by atoms with Gasteiger partial charge in [-0.25, -0.2) is 0 Å². The fourth-order valence-corrected chi connectivity index (χ4v) is 3.16. The van der Waals surface area contributed by atoms with E-state index in [4.69, 9.17) is 4.74 Å². The molecule has 1 aliphatic rings. The van der Waals surface area contributed by atoms with E-state index in [-0.39, 0.29) is 36.9 Å². The van der Waals surface area contributed by atoms with Gasteiger partial charge >= 0.3 is 0 Å². The Morgan fingerprint density at radius 2 is 1.73 bits per heavy atom. The average Bonchev–Trinajstić information content (AvgIpc) is 2.65. The second-order valence-corrected chi connectivity index (χ2v) is 6.49. The Bertz CT molecular complexity index is 624. The molecule has 2 N–H and O–H groups in total. The van der Waals surface area contributed by atoms with Crippen LogP contribution in [0.5, 0.6) is 5.75 Å². The molecular weight excluding hydrogens is 334 g/mol. The molecule has 0 saturated heterocycles. The standard InChI is InChI=1S/C19H27N3O4/c1-14(23)22(16-6-4-3-5-7-16)13-19(25)20-12-18(24)21-15-8-10-17(26-2)11-9-15/h8-11,16H,3-7,12-13H2,1-2H3,(H,20,25)(H,21,24). The van der Waals surface area contributed by atoms with Crippen LogP contribution in [0.25, 0.3) is 0 Å². The first kappa shape index (κ1) is 19.8. The molecule has 1 aromatic carbocycles. The summed E-state index contributed by atoms with van der Waals surface area (Å²) in [6.45, 7) is 1.34. The first-order valence-corrected chi connectivity index (χ1v) is 8.97. The van der Waals surface area contributed by atoms with Crippen molar-refractivity contribution in [2.75, 3.05) is 25.5 Å². The third-order valence-electron chi connectivity index (χ3n) is 4.55. The average molecular weight is 361 g/mol. The molecule has 142 valence electrons. The second kappa shape index (κ2) is 9.79. The Balaban J connectivity index is 1.78. The number of benzene rings is 1. The highest BCUT2D eigenvalue weighted by Crippen LogP contribution is 2.22. The highest BCUT2D eigenvalue weighted by atomic mass is 16.5. The second-order valence-electron chi connectivity index (χ2n) is 6.49. The highest BCUT2D eigenvalue weighted by Gasteiger charge is 2.25. The summed E-state index contributed by atoms with van der Waals surface area (Å²) >= 11 is 0. The summed E-state index contributed by atoms with van der Waals surface area (Å²) in [6.07, 6.45) is 5.22. The van der Waals surface area contributed by atoms with Gasteiger partial charge in [0.25, 0.3) is 0 Å². The Hall–Kier alpha value is -2.57. The lowest BCUT2D eigenvalue weighted by molar-refractivity contribution is -0.137. The number of hydrogen-bond acceptors (Lipinski definition) is 4. The van der Waals surface area contributed by atoms with Gasteiger partial charge in [0.2, 0.25) is 17.7 Å². The van der Waals surface area contributed by atoms with Gasteiger partial charge in [0, 0.05) is 18.7 Å². The van der Waals surface area contributed by atoms with E-state index < -0.39 is 0 Å². The predicted octanol–water partition coefficient (Wildman–Crippen LogP) is 1.93.